The molecule has 1 aliphatic carbocycles. The van der Waals surface area contributed by atoms with Gasteiger partial charge in [-0.1, -0.05) is 45.4 Å². The molecule has 5 nitrogen and oxygen atoms in total. The van der Waals surface area contributed by atoms with Crippen LogP contribution in [0.5, 0.6) is 0 Å². The van der Waals surface area contributed by atoms with Crippen LogP contribution in [0.4, 0.5) is 0 Å². The van der Waals surface area contributed by atoms with Crippen molar-refractivity contribution in [2.45, 2.75) is 95.8 Å². The van der Waals surface area contributed by atoms with Gasteiger partial charge in [-0.15, -0.1) is 0 Å². The van der Waals surface area contributed by atoms with Crippen molar-refractivity contribution >= 4 is 11.7 Å². The molecule has 2 aliphatic rings. The van der Waals surface area contributed by atoms with Crippen LogP contribution in [-0.4, -0.2) is 36.7 Å². The van der Waals surface area contributed by atoms with Gasteiger partial charge in [0, 0.05) is 12.8 Å². The Bertz CT molecular complexity index is 404. The number of amides is 1. The van der Waals surface area contributed by atoms with E-state index in [0.717, 1.165) is 32.1 Å². The zero-order valence-electron chi connectivity index (χ0n) is 15.1. The predicted molar refractivity (Wildman–Crippen MR) is 92.7 cm³/mol. The van der Waals surface area contributed by atoms with Crippen LogP contribution in [0.15, 0.2) is 0 Å². The highest BCUT2D eigenvalue weighted by molar-refractivity contribution is 5.90. The number of nitrogens with one attached hydrogen (secondary N) is 1. The largest absolute Gasteiger partial charge is 0.347 e. The molecule has 0 spiro atoms. The van der Waals surface area contributed by atoms with Crippen molar-refractivity contribution < 1.29 is 19.1 Å². The lowest BCUT2D eigenvalue weighted by Crippen LogP contribution is -2.43. The van der Waals surface area contributed by atoms with Crippen LogP contribution in [-0.2, 0) is 19.1 Å². The summed E-state index contributed by atoms with van der Waals surface area (Å²) in [6.45, 7) is 3.32. The lowest BCUT2D eigenvalue weighted by atomic mass is 10.0. The van der Waals surface area contributed by atoms with Crippen molar-refractivity contribution in [2.24, 2.45) is 0 Å². The highest BCUT2D eigenvalue weighted by Gasteiger charge is 2.39. The molecule has 1 saturated carbocycles. The summed E-state index contributed by atoms with van der Waals surface area (Å²) in [7, 11) is 0. The van der Waals surface area contributed by atoms with Crippen LogP contribution >= 0.6 is 0 Å². The first kappa shape index (κ1) is 19.4. The highest BCUT2D eigenvalue weighted by Crippen LogP contribution is 2.30. The Morgan fingerprint density at radius 1 is 1.12 bits per heavy atom. The molecule has 0 unspecified atom stereocenters. The zero-order chi connectivity index (χ0) is 17.3. The Morgan fingerprint density at radius 2 is 1.79 bits per heavy atom. The van der Waals surface area contributed by atoms with Crippen molar-refractivity contribution in [3.8, 4) is 0 Å². The molecule has 5 heteroatoms. The van der Waals surface area contributed by atoms with E-state index in [1.165, 1.54) is 32.1 Å². The number of Topliss-reactive ketones (excluding diaryl/α,β-unsaturated/α-hetero) is 1. The van der Waals surface area contributed by atoms with Gasteiger partial charge >= 0.3 is 0 Å². The molecule has 2 rings (SSSR count). The standard InChI is InChI=1S/C19H33NO4/c1-2-3-4-5-6-7-8-12-19(23-13-14-24-19)15-18(22)20-16-10-9-11-17(16)21/h16H,2-15H2,1H3,(H,20,22)/t16-/m0/s1. The van der Waals surface area contributed by atoms with Crippen molar-refractivity contribution in [1.82, 2.24) is 5.32 Å². The molecule has 24 heavy (non-hydrogen) atoms. The SMILES string of the molecule is CCCCCCCCCC1(CC(=O)N[C@H]2CCCC2=O)OCCO1. The second kappa shape index (κ2) is 10.1. The first-order valence-electron chi connectivity index (χ1n) is 9.75. The molecule has 0 radical (unpaired) electrons. The summed E-state index contributed by atoms with van der Waals surface area (Å²) in [6.07, 6.45) is 11.8. The number of carbonyl (C=O) groups is 2. The van der Waals surface area contributed by atoms with Gasteiger partial charge in [-0.25, -0.2) is 0 Å². The monoisotopic (exact) mass is 339 g/mol. The van der Waals surface area contributed by atoms with E-state index in [1.807, 2.05) is 0 Å². The third-order valence-electron chi connectivity index (χ3n) is 5.04. The third-order valence-corrected chi connectivity index (χ3v) is 5.04. The maximum atomic E-state index is 12.3. The zero-order valence-corrected chi connectivity index (χ0v) is 15.1. The molecule has 1 N–H and O–H groups in total. The van der Waals surface area contributed by atoms with Gasteiger partial charge in [0.15, 0.2) is 11.6 Å². The van der Waals surface area contributed by atoms with E-state index in [1.54, 1.807) is 0 Å². The van der Waals surface area contributed by atoms with Crippen LogP contribution in [0, 0.1) is 0 Å². The Morgan fingerprint density at radius 3 is 2.42 bits per heavy atom. The fourth-order valence-corrected chi connectivity index (χ4v) is 3.64. The van der Waals surface area contributed by atoms with Crippen LogP contribution in [0.3, 0.4) is 0 Å². The normalized spacial score (nSPS) is 22.9. The fourth-order valence-electron chi connectivity index (χ4n) is 3.64. The molecule has 0 bridgehead atoms. The van der Waals surface area contributed by atoms with Gasteiger partial charge < -0.3 is 14.8 Å². The Balaban J connectivity index is 1.69. The molecule has 138 valence electrons. The second-order valence-electron chi connectivity index (χ2n) is 7.13. The fraction of sp³-hybridized carbons (Fsp3) is 0.895. The minimum Gasteiger partial charge on any atom is -0.347 e. The average Bonchev–Trinajstić information content (AvgIpc) is 3.17. The van der Waals surface area contributed by atoms with Crippen molar-refractivity contribution in [1.29, 1.82) is 0 Å². The van der Waals surface area contributed by atoms with E-state index in [0.29, 0.717) is 19.6 Å². The summed E-state index contributed by atoms with van der Waals surface area (Å²) >= 11 is 0. The Labute approximate surface area is 145 Å². The molecule has 1 saturated heterocycles. The topological polar surface area (TPSA) is 64.6 Å². The summed E-state index contributed by atoms with van der Waals surface area (Å²) in [5.41, 5.74) is 0. The lowest BCUT2D eigenvalue weighted by molar-refractivity contribution is -0.174. The van der Waals surface area contributed by atoms with Crippen LogP contribution < -0.4 is 5.32 Å². The molecule has 0 aromatic heterocycles. The summed E-state index contributed by atoms with van der Waals surface area (Å²) in [5.74, 6) is -0.743. The number of ketones is 1. The highest BCUT2D eigenvalue weighted by atomic mass is 16.7. The maximum Gasteiger partial charge on any atom is 0.226 e. The molecule has 1 atom stereocenters. The van der Waals surface area contributed by atoms with E-state index in [-0.39, 0.29) is 24.2 Å². The number of unbranched alkanes of at least 4 members (excludes halogenated alkanes) is 6. The smallest absolute Gasteiger partial charge is 0.226 e. The maximum absolute atomic E-state index is 12.3. The molecule has 0 aromatic rings. The van der Waals surface area contributed by atoms with E-state index >= 15 is 0 Å². The lowest BCUT2D eigenvalue weighted by Gasteiger charge is -2.27. The van der Waals surface area contributed by atoms with Crippen molar-refractivity contribution in [2.75, 3.05) is 13.2 Å². The molecule has 0 aromatic carbocycles. The first-order chi connectivity index (χ1) is 11.7. The molecular formula is C19H33NO4. The van der Waals surface area contributed by atoms with Crippen LogP contribution in [0.25, 0.3) is 0 Å². The molecule has 1 aliphatic heterocycles. The van der Waals surface area contributed by atoms with E-state index in [2.05, 4.69) is 12.2 Å². The number of rotatable bonds is 11. The predicted octanol–water partition coefficient (Wildman–Crippen LogP) is 3.50. The van der Waals surface area contributed by atoms with Gasteiger partial charge in [-0.3, -0.25) is 9.59 Å². The first-order valence-corrected chi connectivity index (χ1v) is 9.75. The van der Waals surface area contributed by atoms with Crippen molar-refractivity contribution in [3.05, 3.63) is 0 Å². The Kier molecular flexibility index (Phi) is 8.19. The second-order valence-corrected chi connectivity index (χ2v) is 7.13. The van der Waals surface area contributed by atoms with Gasteiger partial charge in [0.05, 0.1) is 25.7 Å². The number of ether oxygens (including phenoxy) is 2. The quantitative estimate of drug-likeness (QED) is 0.585. The van der Waals surface area contributed by atoms with Gasteiger partial charge in [0.2, 0.25) is 5.91 Å². The summed E-state index contributed by atoms with van der Waals surface area (Å²) < 4.78 is 11.6. The minimum atomic E-state index is -0.769. The average molecular weight is 339 g/mol. The molecule has 1 heterocycles. The number of carbonyl (C=O) groups excluding carboxylic acids is 2. The molecule has 1 amide bonds. The number of hydrogen-bond donors (Lipinski definition) is 1. The minimum absolute atomic E-state index is 0.125. The van der Waals surface area contributed by atoms with Gasteiger partial charge in [0.1, 0.15) is 0 Å². The third kappa shape index (κ3) is 6.17. The van der Waals surface area contributed by atoms with E-state index in [9.17, 15) is 9.59 Å². The molecular weight excluding hydrogens is 306 g/mol. The van der Waals surface area contributed by atoms with Gasteiger partial charge in [-0.05, 0) is 19.3 Å². The summed E-state index contributed by atoms with van der Waals surface area (Å²) in [4.78, 5) is 24.0. The van der Waals surface area contributed by atoms with Gasteiger partial charge in [0.25, 0.3) is 0 Å². The van der Waals surface area contributed by atoms with E-state index in [4.69, 9.17) is 9.47 Å². The van der Waals surface area contributed by atoms with Gasteiger partial charge in [-0.2, -0.15) is 0 Å². The van der Waals surface area contributed by atoms with Crippen molar-refractivity contribution in [3.63, 3.8) is 0 Å². The van der Waals surface area contributed by atoms with E-state index < -0.39 is 5.79 Å². The number of hydrogen-bond acceptors (Lipinski definition) is 4. The molecule has 2 fully saturated rings. The summed E-state index contributed by atoms with van der Waals surface area (Å²) in [5, 5.41) is 2.86. The van der Waals surface area contributed by atoms with Crippen LogP contribution in [0.2, 0.25) is 0 Å². The Hall–Kier alpha value is -0.940. The van der Waals surface area contributed by atoms with Crippen LogP contribution in [0.1, 0.15) is 84.0 Å². The summed E-state index contributed by atoms with van der Waals surface area (Å²) in [6, 6.07) is -0.297.